The number of halogens is 1. The zero-order valence-corrected chi connectivity index (χ0v) is 10.7. The topological polar surface area (TPSA) is 59.3 Å². The van der Waals surface area contributed by atoms with Gasteiger partial charge in [0.1, 0.15) is 11.0 Å². The molecule has 0 aliphatic rings. The van der Waals surface area contributed by atoms with Crippen molar-refractivity contribution in [2.24, 2.45) is 0 Å². The first-order valence-electron chi connectivity index (χ1n) is 5.48. The average Bonchev–Trinajstić information content (AvgIpc) is 2.68. The molecule has 18 heavy (non-hydrogen) atoms. The monoisotopic (exact) mass is 265 g/mol. The molecule has 2 rings (SSSR count). The maximum absolute atomic E-state index is 11.6. The van der Waals surface area contributed by atoms with Gasteiger partial charge in [0.25, 0.3) is 0 Å². The Morgan fingerprint density at radius 2 is 2.00 bits per heavy atom. The van der Waals surface area contributed by atoms with Gasteiger partial charge in [-0.05, 0) is 19.1 Å². The standard InChI is InChI=1S/C13H12ClNO3/c1-7(14)13(17)15-11-9-5-3-4-6-10(9)18-12(11)8(2)16/h3-7H,1-2H3,(H,15,17)/t7-/m1/s1. The molecule has 0 unspecified atom stereocenters. The quantitative estimate of drug-likeness (QED) is 0.685. The number of hydrogen-bond acceptors (Lipinski definition) is 3. The zero-order valence-electron chi connectivity index (χ0n) is 9.99. The van der Waals surface area contributed by atoms with Gasteiger partial charge in [0.2, 0.25) is 5.91 Å². The summed E-state index contributed by atoms with van der Waals surface area (Å²) in [6.45, 7) is 2.95. The molecule has 1 amide bonds. The average molecular weight is 266 g/mol. The lowest BCUT2D eigenvalue weighted by Crippen LogP contribution is -2.21. The second-order valence-electron chi connectivity index (χ2n) is 3.96. The molecule has 1 N–H and O–H groups in total. The van der Waals surface area contributed by atoms with Crippen molar-refractivity contribution in [1.82, 2.24) is 0 Å². The van der Waals surface area contributed by atoms with Crippen LogP contribution in [0.2, 0.25) is 0 Å². The molecule has 0 bridgehead atoms. The van der Waals surface area contributed by atoms with E-state index in [9.17, 15) is 9.59 Å². The van der Waals surface area contributed by atoms with E-state index in [4.69, 9.17) is 16.0 Å². The van der Waals surface area contributed by atoms with E-state index in [1.807, 2.05) is 6.07 Å². The summed E-state index contributed by atoms with van der Waals surface area (Å²) in [6, 6.07) is 7.12. The molecular weight excluding hydrogens is 254 g/mol. The van der Waals surface area contributed by atoms with Crippen LogP contribution >= 0.6 is 11.6 Å². The largest absolute Gasteiger partial charge is 0.451 e. The van der Waals surface area contributed by atoms with Crippen LogP contribution < -0.4 is 5.32 Å². The summed E-state index contributed by atoms with van der Waals surface area (Å²) in [5, 5.41) is 2.64. The van der Waals surface area contributed by atoms with Crippen LogP contribution in [0.4, 0.5) is 5.69 Å². The Labute approximate surface area is 109 Å². The Balaban J connectivity index is 2.55. The third-order valence-corrected chi connectivity index (χ3v) is 2.72. The first-order valence-corrected chi connectivity index (χ1v) is 5.91. The number of nitrogens with one attached hydrogen (secondary N) is 1. The Kier molecular flexibility index (Phi) is 3.39. The molecule has 0 aliphatic heterocycles. The fraction of sp³-hybridized carbons (Fsp3) is 0.231. The van der Waals surface area contributed by atoms with Gasteiger partial charge in [-0.2, -0.15) is 0 Å². The van der Waals surface area contributed by atoms with Gasteiger partial charge >= 0.3 is 0 Å². The second-order valence-corrected chi connectivity index (χ2v) is 4.62. The van der Waals surface area contributed by atoms with Crippen molar-refractivity contribution in [3.63, 3.8) is 0 Å². The minimum atomic E-state index is -0.682. The van der Waals surface area contributed by atoms with Crippen molar-refractivity contribution in [1.29, 1.82) is 0 Å². The summed E-state index contributed by atoms with van der Waals surface area (Å²) in [4.78, 5) is 23.1. The lowest BCUT2D eigenvalue weighted by molar-refractivity contribution is -0.115. The molecule has 0 spiro atoms. The molecule has 0 radical (unpaired) electrons. The number of Topliss-reactive ketones (excluding diaryl/α,β-unsaturated/α-hetero) is 1. The first-order chi connectivity index (χ1) is 8.50. The van der Waals surface area contributed by atoms with E-state index in [-0.39, 0.29) is 17.5 Å². The molecule has 1 aromatic heterocycles. The molecule has 0 aliphatic carbocycles. The Morgan fingerprint density at radius 1 is 1.33 bits per heavy atom. The summed E-state index contributed by atoms with van der Waals surface area (Å²) in [7, 11) is 0. The third kappa shape index (κ3) is 2.24. The molecule has 0 saturated carbocycles. The van der Waals surface area contributed by atoms with Crippen LogP contribution in [0.15, 0.2) is 28.7 Å². The van der Waals surface area contributed by atoms with Gasteiger partial charge in [0.15, 0.2) is 11.5 Å². The van der Waals surface area contributed by atoms with E-state index in [2.05, 4.69) is 5.32 Å². The van der Waals surface area contributed by atoms with Crippen molar-refractivity contribution in [3.05, 3.63) is 30.0 Å². The number of furan rings is 1. The number of para-hydroxylation sites is 1. The van der Waals surface area contributed by atoms with Gasteiger partial charge in [0, 0.05) is 12.3 Å². The maximum Gasteiger partial charge on any atom is 0.242 e. The summed E-state index contributed by atoms with van der Waals surface area (Å²) in [6.07, 6.45) is 0. The Morgan fingerprint density at radius 3 is 2.61 bits per heavy atom. The number of rotatable bonds is 3. The number of benzene rings is 1. The number of alkyl halides is 1. The maximum atomic E-state index is 11.6. The van der Waals surface area contributed by atoms with Crippen molar-refractivity contribution in [2.45, 2.75) is 19.2 Å². The molecule has 94 valence electrons. The van der Waals surface area contributed by atoms with E-state index in [1.165, 1.54) is 6.92 Å². The highest BCUT2D eigenvalue weighted by atomic mass is 35.5. The lowest BCUT2D eigenvalue weighted by atomic mass is 10.2. The van der Waals surface area contributed by atoms with Crippen molar-refractivity contribution < 1.29 is 14.0 Å². The first kappa shape index (κ1) is 12.6. The van der Waals surface area contributed by atoms with E-state index < -0.39 is 5.38 Å². The highest BCUT2D eigenvalue weighted by Crippen LogP contribution is 2.31. The van der Waals surface area contributed by atoms with Crippen molar-refractivity contribution in [3.8, 4) is 0 Å². The van der Waals surface area contributed by atoms with Crippen LogP contribution in [0.3, 0.4) is 0 Å². The number of amides is 1. The minimum Gasteiger partial charge on any atom is -0.451 e. The van der Waals surface area contributed by atoms with Crippen LogP contribution in [0.5, 0.6) is 0 Å². The normalized spacial score (nSPS) is 12.4. The predicted molar refractivity (Wildman–Crippen MR) is 70.2 cm³/mol. The SMILES string of the molecule is CC(=O)c1oc2ccccc2c1NC(=O)[C@@H](C)Cl. The number of hydrogen-bond donors (Lipinski definition) is 1. The molecule has 1 aromatic carbocycles. The van der Waals surface area contributed by atoms with E-state index >= 15 is 0 Å². The third-order valence-electron chi connectivity index (χ3n) is 2.52. The van der Waals surface area contributed by atoms with Gasteiger partial charge < -0.3 is 9.73 Å². The molecule has 0 saturated heterocycles. The summed E-state index contributed by atoms with van der Waals surface area (Å²) >= 11 is 5.70. The van der Waals surface area contributed by atoms with E-state index in [0.717, 1.165) is 0 Å². The Bertz CT molecular complexity index is 616. The number of fused-ring (bicyclic) bond motifs is 1. The molecular formula is C13H12ClNO3. The van der Waals surface area contributed by atoms with Gasteiger partial charge in [-0.1, -0.05) is 12.1 Å². The number of carbonyl (C=O) groups is 2. The molecule has 2 aromatic rings. The van der Waals surface area contributed by atoms with Crippen LogP contribution in [-0.2, 0) is 4.79 Å². The van der Waals surface area contributed by atoms with Gasteiger partial charge in [-0.3, -0.25) is 9.59 Å². The van der Waals surface area contributed by atoms with E-state index in [1.54, 1.807) is 25.1 Å². The van der Waals surface area contributed by atoms with Gasteiger partial charge in [-0.15, -0.1) is 11.6 Å². The summed E-state index contributed by atoms with van der Waals surface area (Å²) < 4.78 is 5.43. The Hall–Kier alpha value is -1.81. The molecule has 5 heteroatoms. The highest BCUT2D eigenvalue weighted by molar-refractivity contribution is 6.32. The second kappa shape index (κ2) is 4.82. The number of carbonyl (C=O) groups excluding carboxylic acids is 2. The fourth-order valence-corrected chi connectivity index (χ4v) is 1.69. The van der Waals surface area contributed by atoms with Crippen molar-refractivity contribution >= 4 is 39.9 Å². The number of ketones is 1. The highest BCUT2D eigenvalue weighted by Gasteiger charge is 2.20. The van der Waals surface area contributed by atoms with Gasteiger partial charge in [0.05, 0.1) is 5.69 Å². The van der Waals surface area contributed by atoms with Crippen LogP contribution in [0.1, 0.15) is 24.4 Å². The van der Waals surface area contributed by atoms with Crippen LogP contribution in [0, 0.1) is 0 Å². The molecule has 4 nitrogen and oxygen atoms in total. The van der Waals surface area contributed by atoms with Crippen molar-refractivity contribution in [2.75, 3.05) is 5.32 Å². The van der Waals surface area contributed by atoms with Crippen LogP contribution in [-0.4, -0.2) is 17.1 Å². The van der Waals surface area contributed by atoms with E-state index in [0.29, 0.717) is 16.7 Å². The molecule has 0 fully saturated rings. The summed E-state index contributed by atoms with van der Waals surface area (Å²) in [5.74, 6) is -0.476. The predicted octanol–water partition coefficient (Wildman–Crippen LogP) is 3.20. The fourth-order valence-electron chi connectivity index (χ4n) is 1.64. The lowest BCUT2D eigenvalue weighted by Gasteiger charge is -2.05. The molecule has 1 atom stereocenters. The van der Waals surface area contributed by atoms with Crippen LogP contribution in [0.25, 0.3) is 11.0 Å². The smallest absolute Gasteiger partial charge is 0.242 e. The molecule has 1 heterocycles. The van der Waals surface area contributed by atoms with Gasteiger partial charge in [-0.25, -0.2) is 0 Å². The number of anilines is 1. The minimum absolute atomic E-state index is 0.141. The zero-order chi connectivity index (χ0) is 13.3. The summed E-state index contributed by atoms with van der Waals surface area (Å²) in [5.41, 5.74) is 0.941.